The molecular weight excluding hydrogens is 272 g/mol. The van der Waals surface area contributed by atoms with Gasteiger partial charge in [0.2, 0.25) is 0 Å². The van der Waals surface area contributed by atoms with Crippen LogP contribution < -0.4 is 0 Å². The van der Waals surface area contributed by atoms with Gasteiger partial charge in [0.05, 0.1) is 16.0 Å². The minimum atomic E-state index is -0.444. The minimum absolute atomic E-state index is 0.0234. The van der Waals surface area contributed by atoms with Gasteiger partial charge in [-0.25, -0.2) is 4.98 Å². The molecule has 4 heteroatoms. The van der Waals surface area contributed by atoms with Crippen LogP contribution in [0.1, 0.15) is 38.9 Å². The predicted molar refractivity (Wildman–Crippen MR) is 78.9 cm³/mol. The number of ketones is 1. The van der Waals surface area contributed by atoms with Gasteiger partial charge in [-0.05, 0) is 36.3 Å². The quantitative estimate of drug-likeness (QED) is 0.866. The highest BCUT2D eigenvalue weighted by molar-refractivity contribution is 6.34. The van der Waals surface area contributed by atoms with E-state index in [0.717, 1.165) is 29.7 Å². The van der Waals surface area contributed by atoms with Gasteiger partial charge in [0, 0.05) is 6.42 Å². The topological polar surface area (TPSA) is 45.8 Å². The fraction of sp³-hybridized carbons (Fsp3) is 0.500. The summed E-state index contributed by atoms with van der Waals surface area (Å²) < 4.78 is 0. The van der Waals surface area contributed by atoms with Crippen LogP contribution in [0.3, 0.4) is 0 Å². The van der Waals surface area contributed by atoms with Crippen LogP contribution >= 0.6 is 11.6 Å². The summed E-state index contributed by atoms with van der Waals surface area (Å²) in [4.78, 5) is 20.7. The number of H-pyrrole nitrogens is 1. The maximum atomic E-state index is 12.6. The molecule has 2 fully saturated rings. The standard InChI is InChI=1S/C16H17ClN2O/c1-15(2)9-6-7-16(15,12(20)8-9)14-18-11-5-3-4-10(17)13(11)19-14/h3-5,9H,6-8H2,1-2H3,(H,18,19). The molecule has 104 valence electrons. The van der Waals surface area contributed by atoms with Crippen LogP contribution in [0.4, 0.5) is 0 Å². The zero-order valence-electron chi connectivity index (χ0n) is 11.7. The van der Waals surface area contributed by atoms with Gasteiger partial charge in [-0.15, -0.1) is 0 Å². The fourth-order valence-electron chi connectivity index (χ4n) is 4.43. The first-order valence-electron chi connectivity index (χ1n) is 7.15. The highest BCUT2D eigenvalue weighted by Crippen LogP contribution is 2.64. The third kappa shape index (κ3) is 1.23. The number of Topliss-reactive ketones (excluding diaryl/α,β-unsaturated/α-hetero) is 1. The number of fused-ring (bicyclic) bond motifs is 3. The molecule has 0 aliphatic heterocycles. The summed E-state index contributed by atoms with van der Waals surface area (Å²) in [5.74, 6) is 1.64. The molecule has 0 spiro atoms. The van der Waals surface area contributed by atoms with Crippen molar-refractivity contribution in [3.05, 3.63) is 29.0 Å². The van der Waals surface area contributed by atoms with Crippen molar-refractivity contribution in [2.75, 3.05) is 0 Å². The average Bonchev–Trinajstić information content (AvgIpc) is 2.98. The van der Waals surface area contributed by atoms with Crippen LogP contribution in [0.25, 0.3) is 11.0 Å². The predicted octanol–water partition coefficient (Wildman–Crippen LogP) is 3.86. The first kappa shape index (κ1) is 12.4. The lowest BCUT2D eigenvalue weighted by Gasteiger charge is -2.34. The number of carbonyl (C=O) groups excluding carboxylic acids is 1. The van der Waals surface area contributed by atoms with Crippen molar-refractivity contribution in [1.29, 1.82) is 0 Å². The van der Waals surface area contributed by atoms with E-state index in [1.807, 2.05) is 18.2 Å². The largest absolute Gasteiger partial charge is 0.341 e. The number of hydrogen-bond acceptors (Lipinski definition) is 2. The number of para-hydroxylation sites is 1. The molecule has 2 atom stereocenters. The maximum absolute atomic E-state index is 12.6. The highest BCUT2D eigenvalue weighted by Gasteiger charge is 2.66. The Kier molecular flexibility index (Phi) is 2.26. The molecule has 0 amide bonds. The third-order valence-electron chi connectivity index (χ3n) is 5.76. The van der Waals surface area contributed by atoms with E-state index in [0.29, 0.717) is 23.1 Å². The smallest absolute Gasteiger partial charge is 0.147 e. The van der Waals surface area contributed by atoms with E-state index >= 15 is 0 Å². The Labute approximate surface area is 122 Å². The maximum Gasteiger partial charge on any atom is 0.147 e. The molecular formula is C16H17ClN2O. The van der Waals surface area contributed by atoms with E-state index in [4.69, 9.17) is 16.6 Å². The van der Waals surface area contributed by atoms with Gasteiger partial charge in [-0.3, -0.25) is 4.79 Å². The Hall–Kier alpha value is -1.35. The van der Waals surface area contributed by atoms with Crippen LogP contribution in [0, 0.1) is 11.3 Å². The van der Waals surface area contributed by atoms with Crippen LogP contribution in [0.15, 0.2) is 18.2 Å². The molecule has 2 aliphatic rings. The molecule has 1 N–H and O–H groups in total. The van der Waals surface area contributed by atoms with E-state index < -0.39 is 5.41 Å². The Balaban J connectivity index is 1.98. The minimum Gasteiger partial charge on any atom is -0.341 e. The number of nitrogens with zero attached hydrogens (tertiary/aromatic N) is 1. The number of benzene rings is 1. The summed E-state index contributed by atoms with van der Waals surface area (Å²) in [6.07, 6.45) is 2.71. The van der Waals surface area contributed by atoms with Crippen molar-refractivity contribution in [2.24, 2.45) is 11.3 Å². The van der Waals surface area contributed by atoms with Gasteiger partial charge in [0.15, 0.2) is 0 Å². The molecule has 2 aliphatic carbocycles. The molecule has 3 nitrogen and oxygen atoms in total. The van der Waals surface area contributed by atoms with Crippen LogP contribution in [0.2, 0.25) is 5.02 Å². The van der Waals surface area contributed by atoms with Gasteiger partial charge in [0.25, 0.3) is 0 Å². The Morgan fingerprint density at radius 2 is 2.20 bits per heavy atom. The van der Waals surface area contributed by atoms with Gasteiger partial charge >= 0.3 is 0 Å². The van der Waals surface area contributed by atoms with Crippen LogP contribution in [-0.4, -0.2) is 15.8 Å². The summed E-state index contributed by atoms with van der Waals surface area (Å²) in [5.41, 5.74) is 1.23. The monoisotopic (exact) mass is 288 g/mol. The average molecular weight is 289 g/mol. The van der Waals surface area contributed by atoms with Crippen molar-refractivity contribution in [3.8, 4) is 0 Å². The summed E-state index contributed by atoms with van der Waals surface area (Å²) in [6, 6.07) is 5.71. The summed E-state index contributed by atoms with van der Waals surface area (Å²) in [6.45, 7) is 4.43. The number of hydrogen-bond donors (Lipinski definition) is 1. The second-order valence-corrected chi connectivity index (χ2v) is 7.12. The fourth-order valence-corrected chi connectivity index (χ4v) is 4.65. The number of rotatable bonds is 1. The number of nitrogens with one attached hydrogen (secondary N) is 1. The Morgan fingerprint density at radius 1 is 1.40 bits per heavy atom. The molecule has 2 bridgehead atoms. The van der Waals surface area contributed by atoms with Crippen molar-refractivity contribution in [1.82, 2.24) is 9.97 Å². The lowest BCUT2D eigenvalue weighted by molar-refractivity contribution is -0.124. The second kappa shape index (κ2) is 3.64. The van der Waals surface area contributed by atoms with Gasteiger partial charge in [0.1, 0.15) is 17.1 Å². The van der Waals surface area contributed by atoms with Gasteiger partial charge < -0.3 is 4.98 Å². The third-order valence-corrected chi connectivity index (χ3v) is 6.07. The number of aromatic amines is 1. The van der Waals surface area contributed by atoms with Crippen LogP contribution in [-0.2, 0) is 10.2 Å². The normalized spacial score (nSPS) is 31.4. The molecule has 20 heavy (non-hydrogen) atoms. The van der Waals surface area contributed by atoms with Crippen molar-refractivity contribution < 1.29 is 4.79 Å². The zero-order chi connectivity index (χ0) is 14.1. The van der Waals surface area contributed by atoms with Crippen molar-refractivity contribution in [3.63, 3.8) is 0 Å². The highest BCUT2D eigenvalue weighted by atomic mass is 35.5. The first-order chi connectivity index (χ1) is 9.47. The molecule has 2 saturated carbocycles. The number of carbonyl (C=O) groups is 1. The zero-order valence-corrected chi connectivity index (χ0v) is 12.4. The van der Waals surface area contributed by atoms with Gasteiger partial charge in [-0.2, -0.15) is 0 Å². The molecule has 1 aromatic heterocycles. The molecule has 1 aromatic carbocycles. The SMILES string of the molecule is CC1(C)C2CCC1(c1nc3c(Cl)cccc3[nH]1)C(=O)C2. The molecule has 2 aromatic rings. The summed E-state index contributed by atoms with van der Waals surface area (Å²) in [7, 11) is 0. The Morgan fingerprint density at radius 3 is 2.80 bits per heavy atom. The van der Waals surface area contributed by atoms with Gasteiger partial charge in [-0.1, -0.05) is 31.5 Å². The summed E-state index contributed by atoms with van der Waals surface area (Å²) >= 11 is 6.22. The second-order valence-electron chi connectivity index (χ2n) is 6.71. The number of imidazole rings is 1. The number of halogens is 1. The molecule has 0 saturated heterocycles. The summed E-state index contributed by atoms with van der Waals surface area (Å²) in [5, 5.41) is 0.638. The van der Waals surface area contributed by atoms with E-state index in [9.17, 15) is 4.79 Å². The molecule has 2 unspecified atom stereocenters. The number of aromatic nitrogens is 2. The molecule has 4 rings (SSSR count). The van der Waals surface area contributed by atoms with Crippen molar-refractivity contribution >= 4 is 28.4 Å². The lowest BCUT2D eigenvalue weighted by Crippen LogP contribution is -2.41. The van der Waals surface area contributed by atoms with Crippen LogP contribution in [0.5, 0.6) is 0 Å². The van der Waals surface area contributed by atoms with E-state index in [-0.39, 0.29) is 5.41 Å². The Bertz CT molecular complexity index is 733. The van der Waals surface area contributed by atoms with E-state index in [1.165, 1.54) is 0 Å². The van der Waals surface area contributed by atoms with E-state index in [2.05, 4.69) is 18.8 Å². The van der Waals surface area contributed by atoms with E-state index in [1.54, 1.807) is 0 Å². The van der Waals surface area contributed by atoms with Crippen molar-refractivity contribution in [2.45, 2.75) is 38.5 Å². The molecule has 1 heterocycles. The molecule has 0 radical (unpaired) electrons. The lowest BCUT2D eigenvalue weighted by atomic mass is 9.68. The first-order valence-corrected chi connectivity index (χ1v) is 7.52.